The highest BCUT2D eigenvalue weighted by Gasteiger charge is 2.31. The fourth-order valence-electron chi connectivity index (χ4n) is 3.12. The predicted molar refractivity (Wildman–Crippen MR) is 77.6 cm³/mol. The van der Waals surface area contributed by atoms with Gasteiger partial charge in [-0.05, 0) is 50.4 Å². The lowest BCUT2D eigenvalue weighted by atomic mass is 10.0. The largest absolute Gasteiger partial charge is 0.323 e. The Hall–Kier alpha value is -1.06. The fourth-order valence-corrected chi connectivity index (χ4v) is 3.29. The second-order valence-electron chi connectivity index (χ2n) is 5.71. The normalized spacial score (nSPS) is 23.9. The van der Waals surface area contributed by atoms with Crippen LogP contribution in [0.5, 0.6) is 0 Å². The maximum absolute atomic E-state index is 6.15. The molecule has 1 saturated heterocycles. The van der Waals surface area contributed by atoms with E-state index in [1.807, 2.05) is 12.1 Å². The number of benzene rings is 1. The van der Waals surface area contributed by atoms with E-state index in [-0.39, 0.29) is 0 Å². The number of rotatable bonds is 2. The molecule has 2 aromatic rings. The Morgan fingerprint density at radius 1 is 1.21 bits per heavy atom. The molecule has 1 N–H and O–H groups in total. The quantitative estimate of drug-likeness (QED) is 0.902. The summed E-state index contributed by atoms with van der Waals surface area (Å²) in [7, 11) is 0. The van der Waals surface area contributed by atoms with Gasteiger partial charge < -0.3 is 9.88 Å². The zero-order valence-electron chi connectivity index (χ0n) is 10.9. The van der Waals surface area contributed by atoms with Gasteiger partial charge in [0.05, 0.1) is 17.1 Å². The molecule has 2 fully saturated rings. The standard InChI is InChI=1S/C15H18ClN3/c16-10-4-7-12-14(9-10)19(11-5-6-11)15(18-12)13-3-1-2-8-17-13/h4,7,9,11,13,17H,1-3,5-6,8H2. The van der Waals surface area contributed by atoms with Crippen LogP contribution >= 0.6 is 11.6 Å². The zero-order chi connectivity index (χ0) is 12.8. The minimum absolute atomic E-state index is 0.417. The number of aromatic nitrogens is 2. The average Bonchev–Trinajstić information content (AvgIpc) is 3.21. The Morgan fingerprint density at radius 2 is 2.11 bits per heavy atom. The number of piperidine rings is 1. The molecule has 1 saturated carbocycles. The van der Waals surface area contributed by atoms with Crippen molar-refractivity contribution in [3.05, 3.63) is 29.0 Å². The Kier molecular flexibility index (Phi) is 2.78. The molecule has 0 spiro atoms. The first-order valence-electron chi connectivity index (χ1n) is 7.24. The molecule has 1 aliphatic carbocycles. The van der Waals surface area contributed by atoms with Gasteiger partial charge in [0.15, 0.2) is 0 Å². The second kappa shape index (κ2) is 4.50. The summed E-state index contributed by atoms with van der Waals surface area (Å²) >= 11 is 6.15. The van der Waals surface area contributed by atoms with Gasteiger partial charge in [-0.15, -0.1) is 0 Å². The molecular formula is C15H18ClN3. The molecule has 1 aromatic carbocycles. The lowest BCUT2D eigenvalue weighted by molar-refractivity contribution is 0.387. The van der Waals surface area contributed by atoms with E-state index in [0.717, 1.165) is 17.1 Å². The molecule has 1 atom stereocenters. The molecule has 4 rings (SSSR count). The van der Waals surface area contributed by atoms with Gasteiger partial charge in [-0.1, -0.05) is 18.0 Å². The van der Waals surface area contributed by atoms with E-state index in [1.165, 1.54) is 43.4 Å². The third kappa shape index (κ3) is 2.05. The van der Waals surface area contributed by atoms with Crippen LogP contribution in [-0.2, 0) is 0 Å². The van der Waals surface area contributed by atoms with E-state index >= 15 is 0 Å². The smallest absolute Gasteiger partial charge is 0.127 e. The molecule has 19 heavy (non-hydrogen) atoms. The van der Waals surface area contributed by atoms with Crippen LogP contribution in [0.1, 0.15) is 50.0 Å². The maximum Gasteiger partial charge on any atom is 0.127 e. The van der Waals surface area contributed by atoms with Gasteiger partial charge in [0.25, 0.3) is 0 Å². The van der Waals surface area contributed by atoms with Crippen LogP contribution in [0.4, 0.5) is 0 Å². The highest BCUT2D eigenvalue weighted by molar-refractivity contribution is 6.31. The van der Waals surface area contributed by atoms with Gasteiger partial charge in [0.1, 0.15) is 5.82 Å². The molecule has 3 nitrogen and oxygen atoms in total. The van der Waals surface area contributed by atoms with Gasteiger partial charge in [-0.25, -0.2) is 4.98 Å². The molecule has 0 amide bonds. The summed E-state index contributed by atoms with van der Waals surface area (Å²) in [6.07, 6.45) is 6.33. The number of fused-ring (bicyclic) bond motifs is 1. The maximum atomic E-state index is 6.15. The van der Waals surface area contributed by atoms with Crippen LogP contribution in [0, 0.1) is 0 Å². The minimum Gasteiger partial charge on any atom is -0.323 e. The predicted octanol–water partition coefficient (Wildman–Crippen LogP) is 3.84. The van der Waals surface area contributed by atoms with E-state index in [1.54, 1.807) is 0 Å². The molecule has 0 radical (unpaired) electrons. The van der Waals surface area contributed by atoms with Crippen molar-refractivity contribution in [1.29, 1.82) is 0 Å². The zero-order valence-corrected chi connectivity index (χ0v) is 11.7. The summed E-state index contributed by atoms with van der Waals surface area (Å²) < 4.78 is 2.43. The van der Waals surface area contributed by atoms with Crippen molar-refractivity contribution < 1.29 is 0 Å². The summed E-state index contributed by atoms with van der Waals surface area (Å²) in [5, 5.41) is 4.42. The van der Waals surface area contributed by atoms with Gasteiger partial charge >= 0.3 is 0 Å². The van der Waals surface area contributed by atoms with Crippen molar-refractivity contribution in [3.63, 3.8) is 0 Å². The van der Waals surface area contributed by atoms with Crippen LogP contribution in [0.2, 0.25) is 5.02 Å². The van der Waals surface area contributed by atoms with E-state index in [2.05, 4.69) is 16.0 Å². The van der Waals surface area contributed by atoms with Crippen molar-refractivity contribution >= 4 is 22.6 Å². The Morgan fingerprint density at radius 3 is 2.84 bits per heavy atom. The molecule has 1 aromatic heterocycles. The van der Waals surface area contributed by atoms with Crippen LogP contribution in [0.3, 0.4) is 0 Å². The summed E-state index contributed by atoms with van der Waals surface area (Å²) in [6.45, 7) is 1.11. The lowest BCUT2D eigenvalue weighted by Crippen LogP contribution is -2.29. The van der Waals surface area contributed by atoms with Gasteiger partial charge in [-0.3, -0.25) is 0 Å². The van der Waals surface area contributed by atoms with E-state index in [9.17, 15) is 0 Å². The van der Waals surface area contributed by atoms with Crippen LogP contribution in [0.25, 0.3) is 11.0 Å². The topological polar surface area (TPSA) is 29.9 Å². The van der Waals surface area contributed by atoms with E-state index in [0.29, 0.717) is 12.1 Å². The number of imidazole rings is 1. The van der Waals surface area contributed by atoms with Crippen molar-refractivity contribution in [3.8, 4) is 0 Å². The molecule has 1 aliphatic heterocycles. The summed E-state index contributed by atoms with van der Waals surface area (Å²) in [5.41, 5.74) is 2.29. The number of nitrogens with one attached hydrogen (secondary N) is 1. The number of halogens is 1. The molecule has 2 aliphatic rings. The first kappa shape index (κ1) is 11.7. The van der Waals surface area contributed by atoms with E-state index in [4.69, 9.17) is 16.6 Å². The summed E-state index contributed by atoms with van der Waals surface area (Å²) in [5.74, 6) is 1.22. The lowest BCUT2D eigenvalue weighted by Gasteiger charge is -2.24. The SMILES string of the molecule is Clc1ccc2nc(C3CCCCN3)n(C3CC3)c2c1. The fraction of sp³-hybridized carbons (Fsp3) is 0.533. The van der Waals surface area contributed by atoms with Crippen LogP contribution in [-0.4, -0.2) is 16.1 Å². The molecule has 2 heterocycles. The third-order valence-electron chi connectivity index (χ3n) is 4.21. The van der Waals surface area contributed by atoms with Gasteiger partial charge in [-0.2, -0.15) is 0 Å². The van der Waals surface area contributed by atoms with Crippen molar-refractivity contribution in [2.75, 3.05) is 6.54 Å². The van der Waals surface area contributed by atoms with Crippen LogP contribution in [0.15, 0.2) is 18.2 Å². The minimum atomic E-state index is 0.417. The molecule has 1 unspecified atom stereocenters. The van der Waals surface area contributed by atoms with Crippen molar-refractivity contribution in [2.24, 2.45) is 0 Å². The number of hydrogen-bond acceptors (Lipinski definition) is 2. The summed E-state index contributed by atoms with van der Waals surface area (Å²) in [6, 6.07) is 7.10. The van der Waals surface area contributed by atoms with Gasteiger partial charge in [0, 0.05) is 11.1 Å². The second-order valence-corrected chi connectivity index (χ2v) is 6.14. The van der Waals surface area contributed by atoms with E-state index < -0.39 is 0 Å². The Balaban J connectivity index is 1.86. The van der Waals surface area contributed by atoms with Crippen LogP contribution < -0.4 is 5.32 Å². The highest BCUT2D eigenvalue weighted by Crippen LogP contribution is 2.41. The summed E-state index contributed by atoms with van der Waals surface area (Å²) in [4.78, 5) is 4.88. The monoisotopic (exact) mass is 275 g/mol. The molecule has 4 heteroatoms. The Bertz CT molecular complexity index is 609. The number of nitrogens with zero attached hydrogens (tertiary/aromatic N) is 2. The molecule has 0 bridgehead atoms. The van der Waals surface area contributed by atoms with Crippen molar-refractivity contribution in [2.45, 2.75) is 44.2 Å². The average molecular weight is 276 g/mol. The molecule has 100 valence electrons. The Labute approximate surface area is 118 Å². The molecular weight excluding hydrogens is 258 g/mol. The first-order valence-corrected chi connectivity index (χ1v) is 7.61. The first-order chi connectivity index (χ1) is 9.33. The van der Waals surface area contributed by atoms with Gasteiger partial charge in [0.2, 0.25) is 0 Å². The highest BCUT2D eigenvalue weighted by atomic mass is 35.5. The number of hydrogen-bond donors (Lipinski definition) is 1. The van der Waals surface area contributed by atoms with Crippen molar-refractivity contribution in [1.82, 2.24) is 14.9 Å². The third-order valence-corrected chi connectivity index (χ3v) is 4.45.